The van der Waals surface area contributed by atoms with E-state index < -0.39 is 0 Å². The van der Waals surface area contributed by atoms with Gasteiger partial charge in [-0.1, -0.05) is 30.3 Å². The number of nitrogens with zero attached hydrogens (tertiary/aromatic N) is 3. The summed E-state index contributed by atoms with van der Waals surface area (Å²) in [7, 11) is 0. The topological polar surface area (TPSA) is 79.8 Å². The van der Waals surface area contributed by atoms with Crippen molar-refractivity contribution in [3.8, 4) is 0 Å². The summed E-state index contributed by atoms with van der Waals surface area (Å²) in [4.78, 5) is 25.0. The van der Waals surface area contributed by atoms with E-state index in [4.69, 9.17) is 0 Å². The second-order valence-electron chi connectivity index (χ2n) is 6.10. The monoisotopic (exact) mass is 373 g/mol. The number of amides is 1. The van der Waals surface area contributed by atoms with Gasteiger partial charge >= 0.3 is 0 Å². The van der Waals surface area contributed by atoms with Crippen LogP contribution in [0.1, 0.15) is 16.1 Å². The molecule has 6 nitrogen and oxygen atoms in total. The minimum absolute atomic E-state index is 0.198. The van der Waals surface area contributed by atoms with Gasteiger partial charge in [-0.05, 0) is 29.8 Å². The predicted molar refractivity (Wildman–Crippen MR) is 105 cm³/mol. The molecule has 0 aliphatic rings. The summed E-state index contributed by atoms with van der Waals surface area (Å²) in [6.45, 7) is 0.280. The summed E-state index contributed by atoms with van der Waals surface area (Å²) in [5.41, 5.74) is 2.63. The maximum atomic E-state index is 12.9. The van der Waals surface area contributed by atoms with Crippen LogP contribution in [0, 0.1) is 5.82 Å². The summed E-state index contributed by atoms with van der Waals surface area (Å²) in [5, 5.41) is 6.92. The van der Waals surface area contributed by atoms with Crippen LogP contribution in [0.25, 0.3) is 10.9 Å². The Morgan fingerprint density at radius 2 is 1.75 bits per heavy atom. The van der Waals surface area contributed by atoms with Crippen LogP contribution in [0.15, 0.2) is 73.2 Å². The van der Waals surface area contributed by atoms with Crippen molar-refractivity contribution in [1.29, 1.82) is 0 Å². The maximum absolute atomic E-state index is 12.9. The third-order valence-corrected chi connectivity index (χ3v) is 4.15. The first-order valence-electron chi connectivity index (χ1n) is 8.64. The standard InChI is InChI=1S/C21H16FN5O/c22-16-8-6-14(7-9-16)11-26-21(28)18-12-25-19(13-24-18)27-17-5-1-3-15-4-2-10-23-20(15)17/h1-10,12-13H,11H2,(H,25,27)(H,26,28). The van der Waals surface area contributed by atoms with Crippen molar-refractivity contribution in [2.45, 2.75) is 6.54 Å². The van der Waals surface area contributed by atoms with Crippen LogP contribution in [0.5, 0.6) is 0 Å². The zero-order valence-electron chi connectivity index (χ0n) is 14.8. The van der Waals surface area contributed by atoms with Gasteiger partial charge in [-0.15, -0.1) is 0 Å². The minimum atomic E-state index is -0.352. The summed E-state index contributed by atoms with van der Waals surface area (Å²) >= 11 is 0. The molecule has 4 aromatic rings. The molecule has 2 heterocycles. The van der Waals surface area contributed by atoms with Gasteiger partial charge in [0.25, 0.3) is 5.91 Å². The van der Waals surface area contributed by atoms with Gasteiger partial charge in [-0.25, -0.2) is 14.4 Å². The van der Waals surface area contributed by atoms with E-state index >= 15 is 0 Å². The average molecular weight is 373 g/mol. The van der Waals surface area contributed by atoms with Gasteiger partial charge < -0.3 is 10.6 Å². The summed E-state index contributed by atoms with van der Waals surface area (Å²) in [6, 6.07) is 15.6. The fraction of sp³-hybridized carbons (Fsp3) is 0.0476. The Labute approximate surface area is 160 Å². The van der Waals surface area contributed by atoms with E-state index in [-0.39, 0.29) is 24.0 Å². The van der Waals surface area contributed by atoms with Crippen LogP contribution in [-0.2, 0) is 6.54 Å². The first-order valence-corrected chi connectivity index (χ1v) is 8.64. The molecule has 2 N–H and O–H groups in total. The minimum Gasteiger partial charge on any atom is -0.347 e. The van der Waals surface area contributed by atoms with Crippen LogP contribution >= 0.6 is 0 Å². The quantitative estimate of drug-likeness (QED) is 0.556. The largest absolute Gasteiger partial charge is 0.347 e. The number of nitrogens with one attached hydrogen (secondary N) is 2. The van der Waals surface area contributed by atoms with Gasteiger partial charge in [0.15, 0.2) is 0 Å². The Kier molecular flexibility index (Phi) is 4.88. The Bertz CT molecular complexity index is 1110. The molecule has 0 unspecified atom stereocenters. The number of carbonyl (C=O) groups excluding carboxylic acids is 1. The number of carbonyl (C=O) groups is 1. The SMILES string of the molecule is O=C(NCc1ccc(F)cc1)c1cnc(Nc2cccc3cccnc23)cn1. The molecule has 1 amide bonds. The molecule has 0 radical (unpaired) electrons. The molecule has 0 bridgehead atoms. The van der Waals surface area contributed by atoms with Crippen molar-refractivity contribution < 1.29 is 9.18 Å². The van der Waals surface area contributed by atoms with Gasteiger partial charge in [-0.3, -0.25) is 9.78 Å². The van der Waals surface area contributed by atoms with Crippen molar-refractivity contribution >= 4 is 28.3 Å². The number of para-hydroxylation sites is 1. The molecule has 138 valence electrons. The van der Waals surface area contributed by atoms with E-state index in [0.717, 1.165) is 22.2 Å². The van der Waals surface area contributed by atoms with E-state index in [0.29, 0.717) is 5.82 Å². The van der Waals surface area contributed by atoms with Gasteiger partial charge in [0.1, 0.15) is 17.3 Å². The number of hydrogen-bond acceptors (Lipinski definition) is 5. The number of rotatable bonds is 5. The highest BCUT2D eigenvalue weighted by Crippen LogP contribution is 2.23. The zero-order chi connectivity index (χ0) is 19.3. The molecule has 2 aromatic heterocycles. The average Bonchev–Trinajstić information content (AvgIpc) is 2.74. The molecule has 2 aromatic carbocycles. The van der Waals surface area contributed by atoms with Crippen LogP contribution in [0.2, 0.25) is 0 Å². The number of halogens is 1. The van der Waals surface area contributed by atoms with E-state index in [2.05, 4.69) is 25.6 Å². The van der Waals surface area contributed by atoms with E-state index in [1.165, 1.54) is 24.5 Å². The highest BCUT2D eigenvalue weighted by molar-refractivity contribution is 5.93. The van der Waals surface area contributed by atoms with Crippen molar-refractivity contribution in [2.24, 2.45) is 0 Å². The van der Waals surface area contributed by atoms with E-state index in [1.54, 1.807) is 18.3 Å². The molecule has 0 saturated carbocycles. The first kappa shape index (κ1) is 17.5. The van der Waals surface area contributed by atoms with Gasteiger partial charge in [0, 0.05) is 18.1 Å². The fourth-order valence-corrected chi connectivity index (χ4v) is 2.73. The zero-order valence-corrected chi connectivity index (χ0v) is 14.8. The third kappa shape index (κ3) is 3.93. The molecule has 28 heavy (non-hydrogen) atoms. The Hall–Kier alpha value is -3.87. The lowest BCUT2D eigenvalue weighted by Crippen LogP contribution is -2.24. The van der Waals surface area contributed by atoms with Gasteiger partial charge in [0.2, 0.25) is 0 Å². The summed E-state index contributed by atoms with van der Waals surface area (Å²) in [5.74, 6) is -0.158. The van der Waals surface area contributed by atoms with E-state index in [1.807, 2.05) is 30.3 Å². The highest BCUT2D eigenvalue weighted by atomic mass is 19.1. The molecule has 4 rings (SSSR count). The summed E-state index contributed by atoms with van der Waals surface area (Å²) < 4.78 is 12.9. The summed E-state index contributed by atoms with van der Waals surface area (Å²) in [6.07, 6.45) is 4.63. The molecule has 0 atom stereocenters. The number of pyridine rings is 1. The third-order valence-electron chi connectivity index (χ3n) is 4.15. The smallest absolute Gasteiger partial charge is 0.271 e. The van der Waals surface area contributed by atoms with Crippen molar-refractivity contribution in [2.75, 3.05) is 5.32 Å². The second kappa shape index (κ2) is 7.79. The van der Waals surface area contributed by atoms with Crippen LogP contribution in [0.4, 0.5) is 15.9 Å². The molecule has 0 aliphatic carbocycles. The van der Waals surface area contributed by atoms with Gasteiger partial charge in [0.05, 0.1) is 23.6 Å². The molecule has 0 spiro atoms. The number of hydrogen-bond donors (Lipinski definition) is 2. The maximum Gasteiger partial charge on any atom is 0.271 e. The predicted octanol–water partition coefficient (Wildman–Crippen LogP) is 3.84. The van der Waals surface area contributed by atoms with Crippen LogP contribution in [0.3, 0.4) is 0 Å². The lowest BCUT2D eigenvalue weighted by Gasteiger charge is -2.09. The molecule has 0 saturated heterocycles. The molecule has 7 heteroatoms. The van der Waals surface area contributed by atoms with E-state index in [9.17, 15) is 9.18 Å². The Morgan fingerprint density at radius 1 is 0.929 bits per heavy atom. The number of fused-ring (bicyclic) bond motifs is 1. The van der Waals surface area contributed by atoms with Crippen molar-refractivity contribution in [3.63, 3.8) is 0 Å². The second-order valence-corrected chi connectivity index (χ2v) is 6.10. The number of aromatic nitrogens is 3. The number of anilines is 2. The van der Waals surface area contributed by atoms with Crippen molar-refractivity contribution in [1.82, 2.24) is 20.3 Å². The lowest BCUT2D eigenvalue weighted by molar-refractivity contribution is 0.0945. The Balaban J connectivity index is 1.43. The Morgan fingerprint density at radius 3 is 2.54 bits per heavy atom. The molecule has 0 aliphatic heterocycles. The van der Waals surface area contributed by atoms with Crippen molar-refractivity contribution in [3.05, 3.63) is 90.3 Å². The molecular formula is C21H16FN5O. The van der Waals surface area contributed by atoms with Crippen LogP contribution < -0.4 is 10.6 Å². The fourth-order valence-electron chi connectivity index (χ4n) is 2.73. The number of benzene rings is 2. The lowest BCUT2D eigenvalue weighted by atomic mass is 10.2. The molecule has 0 fully saturated rings. The highest BCUT2D eigenvalue weighted by Gasteiger charge is 2.09. The normalized spacial score (nSPS) is 10.6. The molecular weight excluding hydrogens is 357 g/mol. The van der Waals surface area contributed by atoms with Gasteiger partial charge in [-0.2, -0.15) is 0 Å². The van der Waals surface area contributed by atoms with Crippen LogP contribution in [-0.4, -0.2) is 20.9 Å². The first-order chi connectivity index (χ1) is 13.7.